The molecule has 1 aliphatic heterocycles. The van der Waals surface area contributed by atoms with Crippen LogP contribution in [0.3, 0.4) is 0 Å². The third kappa shape index (κ3) is 4.42. The minimum atomic E-state index is -0.856. The second-order valence-electron chi connectivity index (χ2n) is 4.58. The van der Waals surface area contributed by atoms with Crippen molar-refractivity contribution in [1.82, 2.24) is 10.6 Å². The summed E-state index contributed by atoms with van der Waals surface area (Å²) in [7, 11) is 0. The number of halogens is 1. The number of barbiturate groups is 1. The first-order chi connectivity index (χ1) is 11.4. The van der Waals surface area contributed by atoms with Crippen LogP contribution in [0, 0.1) is 0 Å². The normalized spacial score (nSPS) is 13.9. The fourth-order valence-electron chi connectivity index (χ4n) is 1.84. The number of hydrogen-bond donors (Lipinski definition) is 2. The first kappa shape index (κ1) is 17.7. The Bertz CT molecular complexity index is 721. The summed E-state index contributed by atoms with van der Waals surface area (Å²) < 4.78 is 10.6. The molecule has 4 amide bonds. The average molecular weight is 397 g/mol. The lowest BCUT2D eigenvalue weighted by Gasteiger charge is -2.14. The Morgan fingerprint density at radius 3 is 2.46 bits per heavy atom. The van der Waals surface area contributed by atoms with Crippen molar-refractivity contribution in [2.24, 2.45) is 0 Å². The van der Waals surface area contributed by atoms with E-state index in [0.29, 0.717) is 15.8 Å². The molecule has 0 saturated carbocycles. The van der Waals surface area contributed by atoms with Gasteiger partial charge in [-0.05, 0) is 46.6 Å². The van der Waals surface area contributed by atoms with Crippen LogP contribution in [0.5, 0.6) is 5.75 Å². The van der Waals surface area contributed by atoms with Crippen molar-refractivity contribution in [1.29, 1.82) is 0 Å². The van der Waals surface area contributed by atoms with E-state index in [9.17, 15) is 19.2 Å². The standard InChI is InChI=1S/C15H13BrN2O6/c1-2-23-12(19)7-24-11-4-3-8(6-10(11)16)5-9-13(20)17-15(22)18-14(9)21/h3-6H,2,7H2,1H3,(H2,17,18,20,21,22). The Labute approximate surface area is 145 Å². The first-order valence-electron chi connectivity index (χ1n) is 6.87. The number of imide groups is 2. The highest BCUT2D eigenvalue weighted by atomic mass is 79.9. The summed E-state index contributed by atoms with van der Waals surface area (Å²) in [6, 6.07) is 3.91. The summed E-state index contributed by atoms with van der Waals surface area (Å²) in [4.78, 5) is 45.6. The molecule has 2 N–H and O–H groups in total. The van der Waals surface area contributed by atoms with E-state index >= 15 is 0 Å². The molecular formula is C15H13BrN2O6. The molecule has 8 nitrogen and oxygen atoms in total. The van der Waals surface area contributed by atoms with Crippen molar-refractivity contribution < 1.29 is 28.7 Å². The zero-order chi connectivity index (χ0) is 17.7. The smallest absolute Gasteiger partial charge is 0.344 e. The molecular weight excluding hydrogens is 384 g/mol. The predicted octanol–water partition coefficient (Wildman–Crippen LogP) is 1.14. The van der Waals surface area contributed by atoms with Crippen LogP contribution in [0.2, 0.25) is 0 Å². The zero-order valence-corrected chi connectivity index (χ0v) is 14.1. The number of carbonyl (C=O) groups excluding carboxylic acids is 4. The molecule has 1 fully saturated rings. The molecule has 1 aliphatic rings. The summed E-state index contributed by atoms with van der Waals surface area (Å²) in [6.07, 6.45) is 1.33. The number of benzene rings is 1. The van der Waals surface area contributed by atoms with E-state index in [1.54, 1.807) is 25.1 Å². The van der Waals surface area contributed by atoms with Gasteiger partial charge in [0.2, 0.25) is 0 Å². The van der Waals surface area contributed by atoms with Gasteiger partial charge in [0.15, 0.2) is 6.61 Å². The highest BCUT2D eigenvalue weighted by Gasteiger charge is 2.27. The van der Waals surface area contributed by atoms with Gasteiger partial charge in [-0.2, -0.15) is 0 Å². The monoisotopic (exact) mass is 396 g/mol. The van der Waals surface area contributed by atoms with Crippen molar-refractivity contribution in [3.8, 4) is 5.75 Å². The van der Waals surface area contributed by atoms with Gasteiger partial charge in [-0.15, -0.1) is 0 Å². The molecule has 0 radical (unpaired) electrons. The molecule has 24 heavy (non-hydrogen) atoms. The van der Waals surface area contributed by atoms with E-state index in [1.165, 1.54) is 6.08 Å². The van der Waals surface area contributed by atoms with Crippen LogP contribution in [0.4, 0.5) is 4.79 Å². The van der Waals surface area contributed by atoms with Crippen molar-refractivity contribution in [2.45, 2.75) is 6.92 Å². The van der Waals surface area contributed by atoms with E-state index in [4.69, 9.17) is 9.47 Å². The highest BCUT2D eigenvalue weighted by molar-refractivity contribution is 9.10. The molecule has 0 atom stereocenters. The average Bonchev–Trinajstić information content (AvgIpc) is 2.50. The SMILES string of the molecule is CCOC(=O)COc1ccc(C=C2C(=O)NC(=O)NC2=O)cc1Br. The first-order valence-corrected chi connectivity index (χ1v) is 7.66. The Kier molecular flexibility index (Phi) is 5.69. The van der Waals surface area contributed by atoms with Crippen LogP contribution in [-0.2, 0) is 19.1 Å². The van der Waals surface area contributed by atoms with E-state index < -0.39 is 23.8 Å². The molecule has 9 heteroatoms. The second-order valence-corrected chi connectivity index (χ2v) is 5.43. The molecule has 2 rings (SSSR count). The molecule has 0 unspecified atom stereocenters. The fraction of sp³-hybridized carbons (Fsp3) is 0.200. The van der Waals surface area contributed by atoms with Crippen LogP contribution >= 0.6 is 15.9 Å². The lowest BCUT2D eigenvalue weighted by Crippen LogP contribution is -2.51. The van der Waals surface area contributed by atoms with Gasteiger partial charge in [0, 0.05) is 0 Å². The van der Waals surface area contributed by atoms with Crippen molar-refractivity contribution in [3.63, 3.8) is 0 Å². The molecule has 1 aromatic rings. The quantitative estimate of drug-likeness (QED) is 0.438. The van der Waals surface area contributed by atoms with Crippen molar-refractivity contribution >= 4 is 45.8 Å². The highest BCUT2D eigenvalue weighted by Crippen LogP contribution is 2.27. The number of ether oxygens (including phenoxy) is 2. The number of hydrogen-bond acceptors (Lipinski definition) is 6. The number of esters is 1. The number of rotatable bonds is 5. The van der Waals surface area contributed by atoms with Crippen LogP contribution in [0.25, 0.3) is 6.08 Å². The molecule has 0 aromatic heterocycles. The van der Waals surface area contributed by atoms with Crippen LogP contribution in [-0.4, -0.2) is 37.0 Å². The van der Waals surface area contributed by atoms with Gasteiger partial charge in [-0.25, -0.2) is 9.59 Å². The molecule has 1 aromatic carbocycles. The zero-order valence-electron chi connectivity index (χ0n) is 12.6. The molecule has 126 valence electrons. The van der Waals surface area contributed by atoms with Crippen LogP contribution in [0.15, 0.2) is 28.2 Å². The Morgan fingerprint density at radius 1 is 1.21 bits per heavy atom. The maximum atomic E-state index is 11.7. The molecule has 0 spiro atoms. The number of nitrogens with one attached hydrogen (secondary N) is 2. The van der Waals surface area contributed by atoms with Gasteiger partial charge < -0.3 is 9.47 Å². The summed E-state index contributed by atoms with van der Waals surface area (Å²) >= 11 is 3.28. The van der Waals surface area contributed by atoms with Gasteiger partial charge in [0.1, 0.15) is 11.3 Å². The largest absolute Gasteiger partial charge is 0.481 e. The molecule has 1 heterocycles. The Balaban J connectivity index is 2.13. The fourth-order valence-corrected chi connectivity index (χ4v) is 2.35. The van der Waals surface area contributed by atoms with Crippen LogP contribution < -0.4 is 15.4 Å². The second kappa shape index (κ2) is 7.73. The third-order valence-corrected chi connectivity index (χ3v) is 3.48. The Morgan fingerprint density at radius 2 is 1.88 bits per heavy atom. The Hall–Kier alpha value is -2.68. The third-order valence-electron chi connectivity index (χ3n) is 2.86. The summed E-state index contributed by atoms with van der Waals surface area (Å²) in [5.74, 6) is -1.64. The summed E-state index contributed by atoms with van der Waals surface area (Å²) in [6.45, 7) is 1.73. The van der Waals surface area contributed by atoms with Crippen molar-refractivity contribution in [3.05, 3.63) is 33.8 Å². The summed E-state index contributed by atoms with van der Waals surface area (Å²) in [5.41, 5.74) is 0.335. The molecule has 0 bridgehead atoms. The van der Waals surface area contributed by atoms with E-state index in [-0.39, 0.29) is 18.8 Å². The predicted molar refractivity (Wildman–Crippen MR) is 85.9 cm³/mol. The van der Waals surface area contributed by atoms with Gasteiger partial charge in [0.25, 0.3) is 11.8 Å². The van der Waals surface area contributed by atoms with Gasteiger partial charge >= 0.3 is 12.0 Å². The lowest BCUT2D eigenvalue weighted by atomic mass is 10.1. The minimum absolute atomic E-state index is 0.193. The number of carbonyl (C=O) groups is 4. The van der Waals surface area contributed by atoms with Gasteiger partial charge in [-0.1, -0.05) is 6.07 Å². The van der Waals surface area contributed by atoms with Crippen molar-refractivity contribution in [2.75, 3.05) is 13.2 Å². The van der Waals surface area contributed by atoms with Crippen LogP contribution in [0.1, 0.15) is 12.5 Å². The number of amides is 4. The maximum absolute atomic E-state index is 11.7. The molecule has 1 saturated heterocycles. The summed E-state index contributed by atoms with van der Waals surface area (Å²) in [5, 5.41) is 3.97. The maximum Gasteiger partial charge on any atom is 0.344 e. The van der Waals surface area contributed by atoms with Gasteiger partial charge in [0.05, 0.1) is 11.1 Å². The minimum Gasteiger partial charge on any atom is -0.481 e. The van der Waals surface area contributed by atoms with E-state index in [2.05, 4.69) is 15.9 Å². The molecule has 0 aliphatic carbocycles. The lowest BCUT2D eigenvalue weighted by molar-refractivity contribution is -0.145. The van der Waals surface area contributed by atoms with E-state index in [1.807, 2.05) is 10.6 Å². The van der Waals surface area contributed by atoms with Gasteiger partial charge in [-0.3, -0.25) is 20.2 Å². The van der Waals surface area contributed by atoms with E-state index in [0.717, 1.165) is 0 Å². The topological polar surface area (TPSA) is 111 Å². The number of urea groups is 1.